The van der Waals surface area contributed by atoms with Gasteiger partial charge in [0, 0.05) is 33.4 Å². The van der Waals surface area contributed by atoms with Crippen LogP contribution in [-0.2, 0) is 16.7 Å². The van der Waals surface area contributed by atoms with Crippen molar-refractivity contribution in [2.45, 2.75) is 55.9 Å². The molecule has 1 atom stereocenters. The zero-order valence-corrected chi connectivity index (χ0v) is 26.2. The molecular formula is C32H25Cl3F3N3OS. The number of hydrogen-bond acceptors (Lipinski definition) is 5. The van der Waals surface area contributed by atoms with Crippen LogP contribution in [0.1, 0.15) is 53.0 Å². The molecule has 0 amide bonds. The molecule has 4 nitrogen and oxygen atoms in total. The van der Waals surface area contributed by atoms with E-state index in [0.717, 1.165) is 45.3 Å². The van der Waals surface area contributed by atoms with Gasteiger partial charge in [-0.25, -0.2) is 0 Å². The normalized spacial score (nSPS) is 17.3. The van der Waals surface area contributed by atoms with Crippen molar-refractivity contribution in [3.63, 3.8) is 0 Å². The highest BCUT2D eigenvalue weighted by molar-refractivity contribution is 7.98. The van der Waals surface area contributed by atoms with E-state index in [9.17, 15) is 23.2 Å². The minimum atomic E-state index is -4.63. The molecule has 0 radical (unpaired) electrons. The predicted octanol–water partition coefficient (Wildman–Crippen LogP) is 9.88. The van der Waals surface area contributed by atoms with Gasteiger partial charge < -0.3 is 5.73 Å². The van der Waals surface area contributed by atoms with E-state index in [0.29, 0.717) is 39.9 Å². The number of carbonyl (C=O) groups excluding carboxylic acids is 1. The van der Waals surface area contributed by atoms with Crippen molar-refractivity contribution >= 4 is 58.0 Å². The fourth-order valence-corrected chi connectivity index (χ4v) is 7.42. The molecule has 2 N–H and O–H groups in total. The fraction of sp³-hybridized carbons (Fsp3) is 0.250. The van der Waals surface area contributed by atoms with E-state index in [1.807, 2.05) is 26.0 Å². The van der Waals surface area contributed by atoms with Crippen molar-refractivity contribution in [1.29, 1.82) is 5.26 Å². The minimum Gasteiger partial charge on any atom is -0.384 e. The molecule has 0 spiro atoms. The third-order valence-electron chi connectivity index (χ3n) is 7.74. The number of carbonyl (C=O) groups is 1. The van der Waals surface area contributed by atoms with Gasteiger partial charge >= 0.3 is 6.18 Å². The SMILES string of the molecule is Cc1cc(C)c(C2C(C#N)=C(N)N(c3cc(C(F)(F)F)ccc3Cl)C3=C2C(=O)CCC3)cc1CSc1cc(Cl)ccc1Cl. The topological polar surface area (TPSA) is 70.1 Å². The number of benzene rings is 3. The highest BCUT2D eigenvalue weighted by Crippen LogP contribution is 2.49. The maximum atomic E-state index is 13.7. The summed E-state index contributed by atoms with van der Waals surface area (Å²) in [4.78, 5) is 15.8. The summed E-state index contributed by atoms with van der Waals surface area (Å²) in [5.74, 6) is -0.476. The second kappa shape index (κ2) is 12.1. The average molecular weight is 663 g/mol. The van der Waals surface area contributed by atoms with Crippen molar-refractivity contribution in [2.24, 2.45) is 5.73 Å². The number of halogens is 6. The molecule has 222 valence electrons. The van der Waals surface area contributed by atoms with Crippen LogP contribution >= 0.6 is 46.6 Å². The number of Topliss-reactive ketones (excluding diaryl/α,β-unsaturated/α-hetero) is 1. The zero-order valence-electron chi connectivity index (χ0n) is 23.1. The Morgan fingerprint density at radius 1 is 1.02 bits per heavy atom. The van der Waals surface area contributed by atoms with Crippen LogP contribution in [0.2, 0.25) is 15.1 Å². The number of aryl methyl sites for hydroxylation is 2. The minimum absolute atomic E-state index is 0.0158. The Morgan fingerprint density at radius 3 is 2.44 bits per heavy atom. The van der Waals surface area contributed by atoms with Gasteiger partial charge in [0.25, 0.3) is 0 Å². The molecule has 1 aliphatic heterocycles. The number of anilines is 1. The van der Waals surface area contributed by atoms with Crippen molar-refractivity contribution in [3.05, 3.63) is 114 Å². The molecule has 0 saturated carbocycles. The highest BCUT2D eigenvalue weighted by atomic mass is 35.5. The van der Waals surface area contributed by atoms with Gasteiger partial charge in [0.2, 0.25) is 0 Å². The first-order chi connectivity index (χ1) is 20.3. The Morgan fingerprint density at radius 2 is 1.74 bits per heavy atom. The molecule has 43 heavy (non-hydrogen) atoms. The van der Waals surface area contributed by atoms with Gasteiger partial charge in [-0.3, -0.25) is 9.69 Å². The van der Waals surface area contributed by atoms with Crippen LogP contribution in [0.25, 0.3) is 0 Å². The maximum Gasteiger partial charge on any atom is 0.416 e. The van der Waals surface area contributed by atoms with Crippen LogP contribution in [0.5, 0.6) is 0 Å². The number of hydrogen-bond donors (Lipinski definition) is 1. The first kappa shape index (κ1) is 31.3. The van der Waals surface area contributed by atoms with Gasteiger partial charge in [-0.05, 0) is 85.3 Å². The second-order valence-corrected chi connectivity index (χ2v) is 12.7. The maximum absolute atomic E-state index is 13.7. The van der Waals surface area contributed by atoms with Crippen molar-refractivity contribution in [1.82, 2.24) is 0 Å². The fourth-order valence-electron chi connectivity index (χ4n) is 5.66. The first-order valence-corrected chi connectivity index (χ1v) is 15.4. The Hall–Kier alpha value is -3.09. The molecule has 11 heteroatoms. The van der Waals surface area contributed by atoms with Gasteiger partial charge in [-0.15, -0.1) is 11.8 Å². The molecule has 1 aliphatic carbocycles. The molecule has 5 rings (SSSR count). The summed E-state index contributed by atoms with van der Waals surface area (Å²) in [6, 6.07) is 14.3. The number of allylic oxidation sites excluding steroid dienone is 3. The van der Waals surface area contributed by atoms with Gasteiger partial charge in [0.05, 0.1) is 38.9 Å². The van der Waals surface area contributed by atoms with E-state index in [1.54, 1.807) is 18.2 Å². The molecule has 0 bridgehead atoms. The molecule has 3 aromatic carbocycles. The monoisotopic (exact) mass is 661 g/mol. The lowest BCUT2D eigenvalue weighted by Gasteiger charge is -2.40. The molecule has 3 aromatic rings. The number of ketones is 1. The summed E-state index contributed by atoms with van der Waals surface area (Å²) < 4.78 is 41.0. The van der Waals surface area contributed by atoms with Crippen LogP contribution < -0.4 is 10.6 Å². The molecule has 0 saturated heterocycles. The lowest BCUT2D eigenvalue weighted by atomic mass is 9.74. The predicted molar refractivity (Wildman–Crippen MR) is 166 cm³/mol. The number of thioether (sulfide) groups is 1. The van der Waals surface area contributed by atoms with Crippen LogP contribution in [0.4, 0.5) is 18.9 Å². The van der Waals surface area contributed by atoms with E-state index in [-0.39, 0.29) is 34.3 Å². The summed E-state index contributed by atoms with van der Waals surface area (Å²) in [5.41, 5.74) is 10.1. The molecule has 0 aromatic heterocycles. The Balaban J connectivity index is 1.66. The smallest absolute Gasteiger partial charge is 0.384 e. The molecule has 2 aliphatic rings. The quantitative estimate of drug-likeness (QED) is 0.276. The lowest BCUT2D eigenvalue weighted by Crippen LogP contribution is -2.39. The van der Waals surface area contributed by atoms with E-state index >= 15 is 0 Å². The van der Waals surface area contributed by atoms with Gasteiger partial charge in [0.15, 0.2) is 5.78 Å². The standard InChI is InChI=1S/C32H25Cl3F3N3OS/c1-16-10-17(2)21(11-18(16)15-43-28-13-20(33)7-9-24(28)35)29-22(14-39)31(40)41(25-4-3-5-27(42)30(25)29)26-12-19(32(36,37)38)6-8-23(26)34/h6-13,29H,3-5,15,40H2,1-2H3. The van der Waals surface area contributed by atoms with Crippen LogP contribution in [0, 0.1) is 25.2 Å². The van der Waals surface area contributed by atoms with Crippen LogP contribution in [-0.4, -0.2) is 5.78 Å². The van der Waals surface area contributed by atoms with Crippen molar-refractivity contribution in [3.8, 4) is 6.07 Å². The summed E-state index contributed by atoms with van der Waals surface area (Å²) >= 11 is 20.5. The number of nitrogens with two attached hydrogens (primary N) is 1. The molecule has 1 heterocycles. The number of nitrogens with zero attached hydrogens (tertiary/aromatic N) is 2. The van der Waals surface area contributed by atoms with E-state index in [2.05, 4.69) is 6.07 Å². The molecule has 1 unspecified atom stereocenters. The van der Waals surface area contributed by atoms with Crippen LogP contribution in [0.3, 0.4) is 0 Å². The van der Waals surface area contributed by atoms with Crippen LogP contribution in [0.15, 0.2) is 76.1 Å². The third kappa shape index (κ3) is 6.01. The summed E-state index contributed by atoms with van der Waals surface area (Å²) in [6.07, 6.45) is -3.51. The van der Waals surface area contributed by atoms with Gasteiger partial charge in [-0.1, -0.05) is 46.9 Å². The summed E-state index contributed by atoms with van der Waals surface area (Å²) in [5, 5.41) is 11.6. The number of alkyl halides is 3. The first-order valence-electron chi connectivity index (χ1n) is 13.3. The summed E-state index contributed by atoms with van der Waals surface area (Å²) in [6.45, 7) is 3.89. The molecule has 0 fully saturated rings. The number of nitriles is 1. The van der Waals surface area contributed by atoms with Crippen molar-refractivity contribution < 1.29 is 18.0 Å². The van der Waals surface area contributed by atoms with Crippen molar-refractivity contribution in [2.75, 3.05) is 4.90 Å². The Labute approximate surface area is 266 Å². The average Bonchev–Trinajstić information content (AvgIpc) is 2.94. The highest BCUT2D eigenvalue weighted by Gasteiger charge is 2.42. The zero-order chi connectivity index (χ0) is 31.2. The Bertz CT molecular complexity index is 1760. The van der Waals surface area contributed by atoms with E-state index < -0.39 is 17.7 Å². The van der Waals surface area contributed by atoms with Gasteiger partial charge in [-0.2, -0.15) is 18.4 Å². The molecular weight excluding hydrogens is 638 g/mol. The number of rotatable bonds is 5. The van der Waals surface area contributed by atoms with E-state index in [4.69, 9.17) is 40.5 Å². The Kier molecular flexibility index (Phi) is 8.84. The second-order valence-electron chi connectivity index (χ2n) is 10.5. The summed E-state index contributed by atoms with van der Waals surface area (Å²) in [7, 11) is 0. The van der Waals surface area contributed by atoms with Gasteiger partial charge in [0.1, 0.15) is 5.82 Å². The third-order valence-corrected chi connectivity index (χ3v) is 9.84. The largest absolute Gasteiger partial charge is 0.416 e. The van der Waals surface area contributed by atoms with E-state index in [1.165, 1.54) is 16.7 Å². The lowest BCUT2D eigenvalue weighted by molar-refractivity contribution is -0.137.